The molecule has 1 aromatic rings. The van der Waals surface area contributed by atoms with Crippen LogP contribution in [0.5, 0.6) is 0 Å². The summed E-state index contributed by atoms with van der Waals surface area (Å²) in [6, 6.07) is 2.08. The smallest absolute Gasteiger partial charge is 0.227 e. The molecule has 2 aliphatic heterocycles. The number of carbonyl (C=O) groups is 2. The monoisotopic (exact) mass is 236 g/mol. The van der Waals surface area contributed by atoms with Crippen LogP contribution in [0.2, 0.25) is 0 Å². The Morgan fingerprint density at radius 2 is 2.31 bits per heavy atom. The molecule has 0 aliphatic carbocycles. The second-order valence-corrected chi connectivity index (χ2v) is 5.16. The van der Waals surface area contributed by atoms with Crippen molar-refractivity contribution >= 4 is 28.2 Å². The maximum atomic E-state index is 11.7. The van der Waals surface area contributed by atoms with Gasteiger partial charge in [-0.1, -0.05) is 0 Å². The van der Waals surface area contributed by atoms with E-state index in [1.807, 2.05) is 16.3 Å². The Hall–Kier alpha value is -1.36. The topological polar surface area (TPSA) is 49.4 Å². The predicted octanol–water partition coefficient (Wildman–Crippen LogP) is 1.58. The molecule has 4 nitrogen and oxygen atoms in total. The molecule has 2 amide bonds. The third-order valence-corrected chi connectivity index (χ3v) is 4.09. The Morgan fingerprint density at radius 1 is 1.44 bits per heavy atom. The van der Waals surface area contributed by atoms with E-state index >= 15 is 0 Å². The van der Waals surface area contributed by atoms with Gasteiger partial charge in [-0.05, 0) is 17.9 Å². The first-order valence-corrected chi connectivity index (χ1v) is 6.27. The minimum Gasteiger partial charge on any atom is -0.335 e. The zero-order valence-corrected chi connectivity index (χ0v) is 9.55. The minimum atomic E-state index is 0.0214. The van der Waals surface area contributed by atoms with E-state index in [2.05, 4.69) is 5.32 Å². The maximum Gasteiger partial charge on any atom is 0.227 e. The summed E-state index contributed by atoms with van der Waals surface area (Å²) in [7, 11) is 0. The molecule has 2 aliphatic rings. The molecule has 1 saturated heterocycles. The summed E-state index contributed by atoms with van der Waals surface area (Å²) in [5.74, 6) is 0.199. The van der Waals surface area contributed by atoms with Crippen LogP contribution in [0.15, 0.2) is 11.4 Å². The molecule has 1 atom stereocenters. The molecule has 5 heteroatoms. The molecule has 0 saturated carbocycles. The number of thiophene rings is 1. The summed E-state index contributed by atoms with van der Waals surface area (Å²) < 4.78 is 0. The average Bonchev–Trinajstić information content (AvgIpc) is 2.77. The number of anilines is 1. The fourth-order valence-electron chi connectivity index (χ4n) is 2.37. The summed E-state index contributed by atoms with van der Waals surface area (Å²) in [6.45, 7) is 0.641. The zero-order chi connectivity index (χ0) is 11.1. The highest BCUT2D eigenvalue weighted by molar-refractivity contribution is 7.14. The van der Waals surface area contributed by atoms with E-state index in [4.69, 9.17) is 0 Å². The van der Waals surface area contributed by atoms with Crippen LogP contribution >= 0.6 is 11.3 Å². The van der Waals surface area contributed by atoms with Gasteiger partial charge in [-0.15, -0.1) is 11.3 Å². The maximum absolute atomic E-state index is 11.7. The molecule has 0 spiro atoms. The highest BCUT2D eigenvalue weighted by Crippen LogP contribution is 2.32. The Bertz CT molecular complexity index is 455. The molecular weight excluding hydrogens is 224 g/mol. The van der Waals surface area contributed by atoms with Crippen molar-refractivity contribution in [1.29, 1.82) is 0 Å². The molecule has 0 radical (unpaired) electrons. The lowest BCUT2D eigenvalue weighted by Gasteiger charge is -2.26. The van der Waals surface area contributed by atoms with Crippen molar-refractivity contribution in [3.05, 3.63) is 17.0 Å². The van der Waals surface area contributed by atoms with Crippen molar-refractivity contribution in [3.8, 4) is 0 Å². The van der Waals surface area contributed by atoms with Crippen molar-refractivity contribution in [1.82, 2.24) is 4.90 Å². The third kappa shape index (κ3) is 1.51. The fraction of sp³-hybridized carbons (Fsp3) is 0.455. The van der Waals surface area contributed by atoms with Gasteiger partial charge in [0.25, 0.3) is 0 Å². The summed E-state index contributed by atoms with van der Waals surface area (Å²) in [5, 5.41) is 5.75. The molecule has 1 aromatic heterocycles. The van der Waals surface area contributed by atoms with E-state index in [1.165, 1.54) is 11.3 Å². The van der Waals surface area contributed by atoms with Gasteiger partial charge in [0.15, 0.2) is 0 Å². The third-order valence-electron chi connectivity index (χ3n) is 3.21. The number of carbonyl (C=O) groups excluding carboxylic acids is 2. The van der Waals surface area contributed by atoms with Crippen molar-refractivity contribution in [2.24, 2.45) is 0 Å². The van der Waals surface area contributed by atoms with Crippen LogP contribution < -0.4 is 5.32 Å². The lowest BCUT2D eigenvalue weighted by molar-refractivity contribution is -0.130. The standard InChI is InChI=1S/C11H12N2O2S/c14-9-5-8-1-2-10(15)13(8)6-7-3-4-16-11(7)12-9/h3-4,8H,1-2,5-6H2,(H,12,14). The number of fused-ring (bicyclic) bond motifs is 2. The Labute approximate surface area is 97.2 Å². The normalized spacial score (nSPS) is 24.5. The molecular formula is C11H12N2O2S. The molecule has 3 rings (SSSR count). The lowest BCUT2D eigenvalue weighted by atomic mass is 10.1. The summed E-state index contributed by atoms with van der Waals surface area (Å²) >= 11 is 1.52. The van der Waals surface area contributed by atoms with Crippen molar-refractivity contribution in [3.63, 3.8) is 0 Å². The first kappa shape index (κ1) is 9.84. The van der Waals surface area contributed by atoms with Gasteiger partial charge in [0.05, 0.1) is 5.00 Å². The highest BCUT2D eigenvalue weighted by Gasteiger charge is 2.34. The van der Waals surface area contributed by atoms with E-state index in [-0.39, 0.29) is 17.9 Å². The van der Waals surface area contributed by atoms with Gasteiger partial charge >= 0.3 is 0 Å². The quantitative estimate of drug-likeness (QED) is 0.743. The Morgan fingerprint density at radius 3 is 3.19 bits per heavy atom. The van der Waals surface area contributed by atoms with Crippen molar-refractivity contribution in [2.45, 2.75) is 31.8 Å². The molecule has 1 N–H and O–H groups in total. The molecule has 0 bridgehead atoms. The summed E-state index contributed by atoms with van der Waals surface area (Å²) in [5.41, 5.74) is 1.05. The van der Waals surface area contributed by atoms with Crippen molar-refractivity contribution < 1.29 is 9.59 Å². The number of hydrogen-bond acceptors (Lipinski definition) is 3. The van der Waals surface area contributed by atoms with Crippen LogP contribution in [0.25, 0.3) is 0 Å². The largest absolute Gasteiger partial charge is 0.335 e. The SMILES string of the molecule is O=C1CC2CCC(=O)N2Cc2ccsc2N1. The first-order valence-electron chi connectivity index (χ1n) is 5.40. The lowest BCUT2D eigenvalue weighted by Crippen LogP contribution is -2.37. The highest BCUT2D eigenvalue weighted by atomic mass is 32.1. The van der Waals surface area contributed by atoms with Gasteiger partial charge in [0, 0.05) is 31.0 Å². The fourth-order valence-corrected chi connectivity index (χ4v) is 3.19. The van der Waals surface area contributed by atoms with Gasteiger partial charge < -0.3 is 10.2 Å². The van der Waals surface area contributed by atoms with Gasteiger partial charge in [-0.25, -0.2) is 0 Å². The van der Waals surface area contributed by atoms with E-state index in [1.54, 1.807) is 0 Å². The number of nitrogens with zero attached hydrogens (tertiary/aromatic N) is 1. The Balaban J connectivity index is 1.97. The second-order valence-electron chi connectivity index (χ2n) is 4.24. The molecule has 1 fully saturated rings. The molecule has 1 unspecified atom stereocenters. The van der Waals surface area contributed by atoms with E-state index < -0.39 is 0 Å². The van der Waals surface area contributed by atoms with E-state index in [0.717, 1.165) is 17.0 Å². The van der Waals surface area contributed by atoms with Crippen molar-refractivity contribution in [2.75, 3.05) is 5.32 Å². The van der Waals surface area contributed by atoms with Crippen LogP contribution in [0.3, 0.4) is 0 Å². The zero-order valence-electron chi connectivity index (χ0n) is 8.73. The van der Waals surface area contributed by atoms with Gasteiger partial charge in [0.2, 0.25) is 11.8 Å². The number of nitrogens with one attached hydrogen (secondary N) is 1. The van der Waals surface area contributed by atoms with Gasteiger partial charge in [-0.2, -0.15) is 0 Å². The number of amides is 2. The Kier molecular flexibility index (Phi) is 2.21. The average molecular weight is 236 g/mol. The predicted molar refractivity (Wildman–Crippen MR) is 61.1 cm³/mol. The van der Waals surface area contributed by atoms with Crippen LogP contribution in [-0.2, 0) is 16.1 Å². The molecule has 84 valence electrons. The van der Waals surface area contributed by atoms with E-state index in [0.29, 0.717) is 19.4 Å². The first-order chi connectivity index (χ1) is 7.74. The molecule has 16 heavy (non-hydrogen) atoms. The van der Waals surface area contributed by atoms with Gasteiger partial charge in [0.1, 0.15) is 0 Å². The second kappa shape index (κ2) is 3.59. The van der Waals surface area contributed by atoms with Crippen LogP contribution in [0.4, 0.5) is 5.00 Å². The summed E-state index contributed by atoms with van der Waals surface area (Å²) in [4.78, 5) is 25.3. The van der Waals surface area contributed by atoms with Crippen LogP contribution in [0, 0.1) is 0 Å². The van der Waals surface area contributed by atoms with Gasteiger partial charge in [-0.3, -0.25) is 9.59 Å². The van der Waals surface area contributed by atoms with E-state index in [9.17, 15) is 9.59 Å². The molecule has 0 aromatic carbocycles. The number of hydrogen-bond donors (Lipinski definition) is 1. The van der Waals surface area contributed by atoms with Crippen LogP contribution in [0.1, 0.15) is 24.8 Å². The molecule has 3 heterocycles. The minimum absolute atomic E-state index is 0.0214. The van der Waals surface area contributed by atoms with Crippen LogP contribution in [-0.4, -0.2) is 22.8 Å². The number of rotatable bonds is 0. The summed E-state index contributed by atoms with van der Waals surface area (Å²) in [6.07, 6.45) is 1.83.